The van der Waals surface area contributed by atoms with Gasteiger partial charge in [-0.3, -0.25) is 4.79 Å². The summed E-state index contributed by atoms with van der Waals surface area (Å²) in [5.74, 6) is -0.775. The molecule has 0 atom stereocenters. The highest BCUT2D eigenvalue weighted by atomic mass is 19.1. The molecule has 2 rings (SSSR count). The van der Waals surface area contributed by atoms with Gasteiger partial charge in [-0.25, -0.2) is 9.37 Å². The monoisotopic (exact) mass is 250 g/mol. The van der Waals surface area contributed by atoms with E-state index in [9.17, 15) is 9.18 Å². The highest BCUT2D eigenvalue weighted by molar-refractivity contribution is 6.04. The molecule has 0 unspecified atom stereocenters. The predicted octanol–water partition coefficient (Wildman–Crippen LogP) is 1.17. The Morgan fingerprint density at radius 3 is 3.06 bits per heavy atom. The number of H-pyrrole nitrogens is 1. The van der Waals surface area contributed by atoms with E-state index in [1.54, 1.807) is 0 Å². The van der Waals surface area contributed by atoms with Crippen LogP contribution in [0.2, 0.25) is 0 Å². The van der Waals surface area contributed by atoms with Crippen molar-refractivity contribution in [3.8, 4) is 0 Å². The summed E-state index contributed by atoms with van der Waals surface area (Å²) in [6.07, 6.45) is 3.10. The topological polar surface area (TPSA) is 83.8 Å². The van der Waals surface area contributed by atoms with Crippen molar-refractivity contribution in [2.75, 3.05) is 13.1 Å². The molecule has 0 saturated heterocycles. The Labute approximate surface area is 104 Å². The van der Waals surface area contributed by atoms with Crippen LogP contribution in [0.25, 0.3) is 11.0 Å². The summed E-state index contributed by atoms with van der Waals surface area (Å²) in [4.78, 5) is 18.7. The van der Waals surface area contributed by atoms with Crippen molar-refractivity contribution in [2.45, 2.75) is 12.8 Å². The number of imidazole rings is 1. The average molecular weight is 250 g/mol. The molecule has 0 aliphatic carbocycles. The minimum Gasteiger partial charge on any atom is -0.352 e. The second-order valence-electron chi connectivity index (χ2n) is 4.00. The van der Waals surface area contributed by atoms with Gasteiger partial charge in [0.15, 0.2) is 0 Å². The lowest BCUT2D eigenvalue weighted by molar-refractivity contribution is 0.0954. The van der Waals surface area contributed by atoms with Crippen LogP contribution < -0.4 is 11.1 Å². The molecule has 0 bridgehead atoms. The molecule has 1 aromatic carbocycles. The van der Waals surface area contributed by atoms with E-state index in [0.717, 1.165) is 12.8 Å². The summed E-state index contributed by atoms with van der Waals surface area (Å²) < 4.78 is 13.3. The lowest BCUT2D eigenvalue weighted by Crippen LogP contribution is -2.25. The molecule has 4 N–H and O–H groups in total. The second-order valence-corrected chi connectivity index (χ2v) is 4.00. The quantitative estimate of drug-likeness (QED) is 0.696. The number of fused-ring (bicyclic) bond motifs is 1. The van der Waals surface area contributed by atoms with Gasteiger partial charge in [0.05, 0.1) is 17.4 Å². The fourth-order valence-corrected chi connectivity index (χ4v) is 1.75. The highest BCUT2D eigenvalue weighted by Gasteiger charge is 2.13. The van der Waals surface area contributed by atoms with Gasteiger partial charge in [-0.2, -0.15) is 0 Å². The molecule has 1 heterocycles. The first-order valence-corrected chi connectivity index (χ1v) is 5.83. The molecule has 2 aromatic rings. The fourth-order valence-electron chi connectivity index (χ4n) is 1.75. The standard InChI is InChI=1S/C12H15FN4O/c13-8-5-9(11-10(6-8)16-7-17-11)12(18)15-4-2-1-3-14/h5-7H,1-4,14H2,(H,15,18)(H,16,17). The number of halogens is 1. The Balaban J connectivity index is 2.14. The molecular formula is C12H15FN4O. The van der Waals surface area contributed by atoms with E-state index in [1.807, 2.05) is 0 Å². The summed E-state index contributed by atoms with van der Waals surface area (Å²) in [5, 5.41) is 2.73. The van der Waals surface area contributed by atoms with E-state index < -0.39 is 5.82 Å². The van der Waals surface area contributed by atoms with Gasteiger partial charge in [-0.05, 0) is 31.5 Å². The number of amides is 1. The van der Waals surface area contributed by atoms with Gasteiger partial charge in [0.1, 0.15) is 11.3 Å². The van der Waals surface area contributed by atoms with Crippen LogP contribution in [0.15, 0.2) is 18.5 Å². The molecule has 0 fully saturated rings. The second kappa shape index (κ2) is 5.59. The van der Waals surface area contributed by atoms with Gasteiger partial charge in [-0.1, -0.05) is 0 Å². The smallest absolute Gasteiger partial charge is 0.253 e. The molecule has 0 aliphatic heterocycles. The molecule has 0 aliphatic rings. The number of nitrogens with two attached hydrogens (primary N) is 1. The predicted molar refractivity (Wildman–Crippen MR) is 66.7 cm³/mol. The molecule has 0 radical (unpaired) electrons. The summed E-state index contributed by atoms with van der Waals surface area (Å²) in [6.45, 7) is 1.12. The Hall–Kier alpha value is -1.95. The zero-order valence-corrected chi connectivity index (χ0v) is 9.87. The van der Waals surface area contributed by atoms with E-state index in [-0.39, 0.29) is 11.5 Å². The number of carbonyl (C=O) groups excluding carboxylic acids is 1. The van der Waals surface area contributed by atoms with E-state index in [1.165, 1.54) is 18.5 Å². The van der Waals surface area contributed by atoms with Crippen LogP contribution in [0.1, 0.15) is 23.2 Å². The molecule has 96 valence electrons. The Kier molecular flexibility index (Phi) is 3.88. The van der Waals surface area contributed by atoms with E-state index in [0.29, 0.717) is 24.1 Å². The minimum absolute atomic E-state index is 0.249. The number of nitrogens with one attached hydrogen (secondary N) is 2. The van der Waals surface area contributed by atoms with Crippen LogP contribution in [0.4, 0.5) is 4.39 Å². The van der Waals surface area contributed by atoms with Crippen LogP contribution >= 0.6 is 0 Å². The molecular weight excluding hydrogens is 235 g/mol. The summed E-state index contributed by atoms with van der Waals surface area (Å²) >= 11 is 0. The van der Waals surface area contributed by atoms with Crippen molar-refractivity contribution in [3.63, 3.8) is 0 Å². The maximum Gasteiger partial charge on any atom is 0.253 e. The third-order valence-electron chi connectivity index (χ3n) is 2.65. The molecule has 0 saturated carbocycles. The first-order chi connectivity index (χ1) is 8.72. The number of hydrogen-bond acceptors (Lipinski definition) is 3. The zero-order chi connectivity index (χ0) is 13.0. The lowest BCUT2D eigenvalue weighted by Gasteiger charge is -2.05. The number of aromatic nitrogens is 2. The third kappa shape index (κ3) is 2.65. The van der Waals surface area contributed by atoms with Gasteiger partial charge in [0.2, 0.25) is 0 Å². The van der Waals surface area contributed by atoms with Crippen LogP contribution in [-0.2, 0) is 0 Å². The van der Waals surface area contributed by atoms with Crippen LogP contribution in [0, 0.1) is 5.82 Å². The number of benzene rings is 1. The number of carbonyl (C=O) groups is 1. The van der Waals surface area contributed by atoms with Crippen molar-refractivity contribution in [1.82, 2.24) is 15.3 Å². The largest absolute Gasteiger partial charge is 0.352 e. The van der Waals surface area contributed by atoms with E-state index in [2.05, 4.69) is 15.3 Å². The maximum absolute atomic E-state index is 13.3. The molecule has 5 nitrogen and oxygen atoms in total. The van der Waals surface area contributed by atoms with Crippen molar-refractivity contribution in [1.29, 1.82) is 0 Å². The third-order valence-corrected chi connectivity index (χ3v) is 2.65. The van der Waals surface area contributed by atoms with Crippen LogP contribution in [0.3, 0.4) is 0 Å². The minimum atomic E-state index is -0.459. The van der Waals surface area contributed by atoms with Crippen LogP contribution in [0.5, 0.6) is 0 Å². The van der Waals surface area contributed by atoms with Crippen molar-refractivity contribution < 1.29 is 9.18 Å². The Bertz CT molecular complexity index is 552. The SMILES string of the molecule is NCCCCNC(=O)c1cc(F)cc2[nH]cnc12. The zero-order valence-electron chi connectivity index (χ0n) is 9.87. The first kappa shape index (κ1) is 12.5. The summed E-state index contributed by atoms with van der Waals surface area (Å²) in [6, 6.07) is 2.51. The molecule has 0 spiro atoms. The average Bonchev–Trinajstić information content (AvgIpc) is 2.81. The number of rotatable bonds is 5. The summed E-state index contributed by atoms with van der Waals surface area (Å²) in [5.41, 5.74) is 6.60. The number of nitrogens with zero attached hydrogens (tertiary/aromatic N) is 1. The number of aromatic amines is 1. The molecule has 18 heavy (non-hydrogen) atoms. The summed E-state index contributed by atoms with van der Waals surface area (Å²) in [7, 11) is 0. The van der Waals surface area contributed by atoms with Crippen molar-refractivity contribution >= 4 is 16.9 Å². The van der Waals surface area contributed by atoms with E-state index in [4.69, 9.17) is 5.73 Å². The molecule has 6 heteroatoms. The van der Waals surface area contributed by atoms with Crippen molar-refractivity contribution in [3.05, 3.63) is 29.8 Å². The first-order valence-electron chi connectivity index (χ1n) is 5.83. The van der Waals surface area contributed by atoms with Gasteiger partial charge in [0.25, 0.3) is 5.91 Å². The lowest BCUT2D eigenvalue weighted by atomic mass is 10.1. The van der Waals surface area contributed by atoms with Crippen LogP contribution in [-0.4, -0.2) is 29.0 Å². The molecule has 1 aromatic heterocycles. The number of unbranched alkanes of at least 4 members (excludes halogenated alkanes) is 1. The molecule has 1 amide bonds. The van der Waals surface area contributed by atoms with Gasteiger partial charge in [-0.15, -0.1) is 0 Å². The Morgan fingerprint density at radius 2 is 2.28 bits per heavy atom. The maximum atomic E-state index is 13.3. The van der Waals surface area contributed by atoms with Gasteiger partial charge >= 0.3 is 0 Å². The normalized spacial score (nSPS) is 10.8. The van der Waals surface area contributed by atoms with E-state index >= 15 is 0 Å². The Morgan fingerprint density at radius 1 is 1.44 bits per heavy atom. The fraction of sp³-hybridized carbons (Fsp3) is 0.333. The number of hydrogen-bond donors (Lipinski definition) is 3. The van der Waals surface area contributed by atoms with Crippen molar-refractivity contribution in [2.24, 2.45) is 5.73 Å². The highest BCUT2D eigenvalue weighted by Crippen LogP contribution is 2.17. The van der Waals surface area contributed by atoms with Gasteiger partial charge in [0, 0.05) is 6.54 Å². The van der Waals surface area contributed by atoms with Gasteiger partial charge < -0.3 is 16.0 Å².